The zero-order valence-corrected chi connectivity index (χ0v) is 12.0. The van der Waals surface area contributed by atoms with Crippen LogP contribution in [0.1, 0.15) is 15.9 Å². The number of hydrogen-bond donors (Lipinski definition) is 3. The summed E-state index contributed by atoms with van der Waals surface area (Å²) in [6.45, 7) is 3.43. The van der Waals surface area contributed by atoms with Gasteiger partial charge in [-0.1, -0.05) is 0 Å². The zero-order chi connectivity index (χ0) is 13.8. The van der Waals surface area contributed by atoms with Gasteiger partial charge in [0.15, 0.2) is 0 Å². The van der Waals surface area contributed by atoms with Gasteiger partial charge in [-0.15, -0.1) is 12.4 Å². The van der Waals surface area contributed by atoms with Crippen LogP contribution in [0.4, 0.5) is 5.69 Å². The van der Waals surface area contributed by atoms with E-state index in [1.54, 1.807) is 25.1 Å². The number of carbonyl (C=O) groups excluding carboxylic acids is 2. The van der Waals surface area contributed by atoms with Crippen LogP contribution in [0.5, 0.6) is 0 Å². The molecule has 1 unspecified atom stereocenters. The predicted octanol–water partition coefficient (Wildman–Crippen LogP) is 0.443. The third-order valence-corrected chi connectivity index (χ3v) is 3.00. The van der Waals surface area contributed by atoms with Crippen molar-refractivity contribution in [1.29, 1.82) is 0 Å². The molecule has 1 saturated heterocycles. The van der Waals surface area contributed by atoms with Crippen molar-refractivity contribution in [3.63, 3.8) is 0 Å². The van der Waals surface area contributed by atoms with Crippen molar-refractivity contribution in [1.82, 2.24) is 5.32 Å². The first-order chi connectivity index (χ1) is 9.08. The van der Waals surface area contributed by atoms with Gasteiger partial charge in [0.25, 0.3) is 0 Å². The van der Waals surface area contributed by atoms with E-state index in [-0.39, 0.29) is 24.4 Å². The fraction of sp³-hybridized carbons (Fsp3) is 0.385. The number of morpholine rings is 1. The molecule has 4 N–H and O–H groups in total. The molecule has 1 fully saturated rings. The molecule has 1 aliphatic rings. The summed E-state index contributed by atoms with van der Waals surface area (Å²) in [6, 6.07) is 4.65. The summed E-state index contributed by atoms with van der Waals surface area (Å²) in [6.07, 6.45) is 0. The zero-order valence-electron chi connectivity index (χ0n) is 11.1. The molecule has 1 aromatic rings. The van der Waals surface area contributed by atoms with Gasteiger partial charge < -0.3 is 21.1 Å². The first-order valence-electron chi connectivity index (χ1n) is 6.10. The second-order valence-corrected chi connectivity index (χ2v) is 4.46. The number of carbonyl (C=O) groups is 2. The summed E-state index contributed by atoms with van der Waals surface area (Å²) < 4.78 is 5.23. The molecule has 1 heterocycles. The number of halogens is 1. The van der Waals surface area contributed by atoms with Crippen LogP contribution in [-0.2, 0) is 9.53 Å². The van der Waals surface area contributed by atoms with Crippen LogP contribution in [-0.4, -0.2) is 37.6 Å². The average Bonchev–Trinajstić information content (AvgIpc) is 2.39. The minimum absolute atomic E-state index is 0. The third-order valence-electron chi connectivity index (χ3n) is 3.00. The van der Waals surface area contributed by atoms with E-state index in [1.807, 2.05) is 0 Å². The summed E-state index contributed by atoms with van der Waals surface area (Å²) in [7, 11) is 0. The minimum Gasteiger partial charge on any atom is -0.378 e. The number of nitrogens with two attached hydrogens (primary N) is 1. The monoisotopic (exact) mass is 299 g/mol. The molecule has 0 spiro atoms. The van der Waals surface area contributed by atoms with Gasteiger partial charge in [-0.3, -0.25) is 9.59 Å². The van der Waals surface area contributed by atoms with Gasteiger partial charge in [-0.2, -0.15) is 0 Å². The van der Waals surface area contributed by atoms with Crippen molar-refractivity contribution < 1.29 is 14.3 Å². The lowest BCUT2D eigenvalue weighted by molar-refractivity contribution is -0.120. The lowest BCUT2D eigenvalue weighted by Gasteiger charge is -2.23. The molecule has 6 nitrogen and oxygen atoms in total. The number of ether oxygens (including phenoxy) is 1. The van der Waals surface area contributed by atoms with Crippen molar-refractivity contribution in [2.45, 2.75) is 13.0 Å². The first kappa shape index (κ1) is 16.4. The van der Waals surface area contributed by atoms with Crippen molar-refractivity contribution in [2.75, 3.05) is 25.1 Å². The number of anilines is 1. The van der Waals surface area contributed by atoms with Gasteiger partial charge in [0.1, 0.15) is 6.04 Å². The second-order valence-electron chi connectivity index (χ2n) is 4.46. The largest absolute Gasteiger partial charge is 0.378 e. The number of primary amides is 1. The van der Waals surface area contributed by atoms with E-state index in [4.69, 9.17) is 10.5 Å². The number of amides is 2. The standard InChI is InChI=1S/C13H17N3O3.ClH/c1-8-6-9(2-3-10(8)12(14)17)16-13(18)11-7-19-5-4-15-11;/h2-3,6,11,15H,4-5,7H2,1H3,(H2,14,17)(H,16,18);1H. The summed E-state index contributed by atoms with van der Waals surface area (Å²) >= 11 is 0. The number of benzene rings is 1. The lowest BCUT2D eigenvalue weighted by atomic mass is 10.1. The molecule has 20 heavy (non-hydrogen) atoms. The molecule has 2 rings (SSSR count). The van der Waals surface area contributed by atoms with Gasteiger partial charge in [-0.25, -0.2) is 0 Å². The molecule has 110 valence electrons. The van der Waals surface area contributed by atoms with Gasteiger partial charge in [0.05, 0.1) is 13.2 Å². The summed E-state index contributed by atoms with van der Waals surface area (Å²) in [5.41, 5.74) is 7.06. The molecule has 2 amide bonds. The Labute approximate surface area is 123 Å². The van der Waals surface area contributed by atoms with Crippen LogP contribution in [0, 0.1) is 6.92 Å². The Morgan fingerprint density at radius 2 is 2.20 bits per heavy atom. The number of hydrogen-bond acceptors (Lipinski definition) is 4. The fourth-order valence-electron chi connectivity index (χ4n) is 1.98. The quantitative estimate of drug-likeness (QED) is 0.755. The number of rotatable bonds is 3. The summed E-state index contributed by atoms with van der Waals surface area (Å²) in [5.74, 6) is -0.622. The van der Waals surface area contributed by atoms with Crippen molar-refractivity contribution in [3.8, 4) is 0 Å². The average molecular weight is 300 g/mol. The van der Waals surface area contributed by atoms with E-state index in [0.29, 0.717) is 31.0 Å². The SMILES string of the molecule is Cc1cc(NC(=O)C2COCCN2)ccc1C(N)=O.Cl. The van der Waals surface area contributed by atoms with Gasteiger partial charge in [-0.05, 0) is 30.7 Å². The highest BCUT2D eigenvalue weighted by Crippen LogP contribution is 2.15. The second kappa shape index (κ2) is 7.23. The van der Waals surface area contributed by atoms with Gasteiger partial charge in [0.2, 0.25) is 11.8 Å². The van der Waals surface area contributed by atoms with E-state index < -0.39 is 5.91 Å². The lowest BCUT2D eigenvalue weighted by Crippen LogP contribution is -2.48. The molecule has 0 aliphatic carbocycles. The molecule has 1 atom stereocenters. The third kappa shape index (κ3) is 3.93. The summed E-state index contributed by atoms with van der Waals surface area (Å²) in [4.78, 5) is 23.1. The Morgan fingerprint density at radius 1 is 1.45 bits per heavy atom. The van der Waals surface area contributed by atoms with E-state index >= 15 is 0 Å². The van der Waals surface area contributed by atoms with Crippen LogP contribution >= 0.6 is 12.4 Å². The van der Waals surface area contributed by atoms with Crippen molar-refractivity contribution >= 4 is 29.9 Å². The molecular weight excluding hydrogens is 282 g/mol. The highest BCUT2D eigenvalue weighted by Gasteiger charge is 2.21. The topological polar surface area (TPSA) is 93.4 Å². The van der Waals surface area contributed by atoms with Gasteiger partial charge in [0, 0.05) is 17.8 Å². The minimum atomic E-state index is -0.474. The van der Waals surface area contributed by atoms with Gasteiger partial charge >= 0.3 is 0 Å². The Kier molecular flexibility index (Phi) is 5.94. The fourth-order valence-corrected chi connectivity index (χ4v) is 1.98. The van der Waals surface area contributed by atoms with E-state index in [1.165, 1.54) is 0 Å². The molecule has 1 aliphatic heterocycles. The van der Waals surface area contributed by atoms with Crippen LogP contribution in [0.2, 0.25) is 0 Å². The highest BCUT2D eigenvalue weighted by molar-refractivity contribution is 5.97. The van der Waals surface area contributed by atoms with Crippen molar-refractivity contribution in [3.05, 3.63) is 29.3 Å². The maximum Gasteiger partial charge on any atom is 0.248 e. The molecule has 7 heteroatoms. The summed E-state index contributed by atoms with van der Waals surface area (Å²) in [5, 5.41) is 5.86. The first-order valence-corrected chi connectivity index (χ1v) is 6.10. The smallest absolute Gasteiger partial charge is 0.248 e. The van der Waals surface area contributed by atoms with E-state index in [9.17, 15) is 9.59 Å². The molecule has 0 radical (unpaired) electrons. The molecule has 0 bridgehead atoms. The van der Waals surface area contributed by atoms with Crippen LogP contribution < -0.4 is 16.4 Å². The maximum atomic E-state index is 12.0. The number of nitrogens with one attached hydrogen (secondary N) is 2. The molecule has 0 aromatic heterocycles. The molecule has 1 aromatic carbocycles. The Balaban J connectivity index is 0.00000200. The predicted molar refractivity (Wildman–Crippen MR) is 78.2 cm³/mol. The van der Waals surface area contributed by atoms with E-state index in [0.717, 1.165) is 5.56 Å². The van der Waals surface area contributed by atoms with Crippen LogP contribution in [0.25, 0.3) is 0 Å². The van der Waals surface area contributed by atoms with Crippen LogP contribution in [0.3, 0.4) is 0 Å². The van der Waals surface area contributed by atoms with E-state index in [2.05, 4.69) is 10.6 Å². The Morgan fingerprint density at radius 3 is 2.75 bits per heavy atom. The Hall–Kier alpha value is -1.63. The number of aryl methyl sites for hydroxylation is 1. The van der Waals surface area contributed by atoms with Crippen LogP contribution in [0.15, 0.2) is 18.2 Å². The molecular formula is C13H18ClN3O3. The molecule has 0 saturated carbocycles. The highest BCUT2D eigenvalue weighted by atomic mass is 35.5. The Bertz CT molecular complexity index is 502. The normalized spacial score (nSPS) is 17.9. The van der Waals surface area contributed by atoms with Crippen molar-refractivity contribution in [2.24, 2.45) is 5.73 Å². The maximum absolute atomic E-state index is 12.0.